The van der Waals surface area contributed by atoms with Crippen LogP contribution in [-0.4, -0.2) is 0 Å². The van der Waals surface area contributed by atoms with Gasteiger partial charge in [0.25, 0.3) is 0 Å². The first-order chi connectivity index (χ1) is 15.3. The summed E-state index contributed by atoms with van der Waals surface area (Å²) in [6.07, 6.45) is 0. The van der Waals surface area contributed by atoms with Gasteiger partial charge in [0.2, 0.25) is 0 Å². The van der Waals surface area contributed by atoms with Gasteiger partial charge in [0.1, 0.15) is 0 Å². The van der Waals surface area contributed by atoms with Crippen molar-refractivity contribution in [3.8, 4) is 10.6 Å². The van der Waals surface area contributed by atoms with Crippen molar-refractivity contribution in [3.05, 3.63) is 120 Å². The van der Waals surface area contributed by atoms with Crippen LogP contribution in [0.15, 0.2) is 120 Å². The molecule has 2 aromatic heterocycles. The first-order valence-electron chi connectivity index (χ1n) is 9.82. The topological polar surface area (TPSA) is 0 Å². The van der Waals surface area contributed by atoms with E-state index >= 15 is 0 Å². The molecule has 152 valence electrons. The van der Waals surface area contributed by atoms with Crippen molar-refractivity contribution in [2.45, 2.75) is 0 Å². The number of fused-ring (bicyclic) bond motifs is 2. The van der Waals surface area contributed by atoms with Gasteiger partial charge in [-0.25, -0.2) is 0 Å². The summed E-state index contributed by atoms with van der Waals surface area (Å²) >= 11 is -0.826. The van der Waals surface area contributed by atoms with Gasteiger partial charge < -0.3 is 0 Å². The summed E-state index contributed by atoms with van der Waals surface area (Å²) in [5.41, 5.74) is 0. The van der Waals surface area contributed by atoms with Crippen LogP contribution in [0.1, 0.15) is 0 Å². The molecule has 0 saturated carbocycles. The second-order valence-electron chi connectivity index (χ2n) is 6.94. The average molecular weight is 557 g/mol. The zero-order chi connectivity index (χ0) is 21.5. The number of hydrogen-bond donors (Lipinski definition) is 0. The molecule has 0 radical (unpaired) electrons. The minimum atomic E-state index is -0.826. The first kappa shape index (κ1) is 22.9. The summed E-state index contributed by atoms with van der Waals surface area (Å²) in [7, 11) is 9.57. The maximum absolute atomic E-state index is 4.93. The quantitative estimate of drug-likeness (QED) is 0.186. The maximum Gasteiger partial charge on any atom is -0.0395 e. The Morgan fingerprint density at radius 3 is 1.26 bits per heavy atom. The van der Waals surface area contributed by atoms with Crippen LogP contribution >= 0.6 is 32.1 Å². The third kappa shape index (κ3) is 5.93. The Hall–Kier alpha value is -1.32. The zero-order valence-corrected chi connectivity index (χ0v) is 22.5. The Morgan fingerprint density at radius 1 is 0.548 bits per heavy atom. The van der Waals surface area contributed by atoms with Gasteiger partial charge in [-0.3, -0.25) is 0 Å². The van der Waals surface area contributed by atoms with Crippen molar-refractivity contribution in [1.82, 2.24) is 0 Å². The molecule has 6 rings (SSSR count). The normalized spacial score (nSPS) is 10.1. The maximum atomic E-state index is 4.93. The third-order valence-corrected chi connectivity index (χ3v) is 8.69. The summed E-state index contributed by atoms with van der Waals surface area (Å²) in [6, 6.07) is 34.9. The molecule has 5 heteroatoms. The Balaban J connectivity index is 0.000000133. The molecule has 0 aliphatic rings. The van der Waals surface area contributed by atoms with Gasteiger partial charge in [0.05, 0.1) is 0 Å². The van der Waals surface area contributed by atoms with Crippen LogP contribution in [0, 0.1) is 0 Å². The Labute approximate surface area is 204 Å². The summed E-state index contributed by atoms with van der Waals surface area (Å²) in [5, 5.41) is 8.37. The minimum absolute atomic E-state index is 0.148. The molecular weight excluding hydrogens is 536 g/mol. The summed E-state index contributed by atoms with van der Waals surface area (Å²) in [5.74, 6) is 9.18. The number of rotatable bonds is 2. The van der Waals surface area contributed by atoms with Crippen LogP contribution in [0.4, 0.5) is 0 Å². The van der Waals surface area contributed by atoms with Crippen molar-refractivity contribution in [3.63, 3.8) is 0 Å². The van der Waals surface area contributed by atoms with Crippen LogP contribution in [0.2, 0.25) is 0 Å². The van der Waals surface area contributed by atoms with Crippen LogP contribution in [0.3, 0.4) is 0 Å². The summed E-state index contributed by atoms with van der Waals surface area (Å²) in [4.78, 5) is 0. The first-order valence-corrected chi connectivity index (χ1v) is 19.1. The molecule has 0 amide bonds. The van der Waals surface area contributed by atoms with Crippen LogP contribution in [0.5, 0.6) is 0 Å². The van der Waals surface area contributed by atoms with Crippen molar-refractivity contribution >= 4 is 53.6 Å². The van der Waals surface area contributed by atoms with Gasteiger partial charge in [-0.1, -0.05) is 47.0 Å². The van der Waals surface area contributed by atoms with E-state index in [1.165, 1.54) is 32.2 Å². The molecule has 4 aromatic carbocycles. The number of halogens is 2. The van der Waals surface area contributed by atoms with E-state index in [4.69, 9.17) is 17.0 Å². The van der Waals surface area contributed by atoms with Crippen LogP contribution in [0.25, 0.3) is 32.2 Å². The molecule has 0 nitrogen and oxygen atoms in total. The molecule has 0 saturated heterocycles. The number of hydrogen-bond acceptors (Lipinski definition) is 0. The van der Waals surface area contributed by atoms with Gasteiger partial charge >= 0.3 is 37.9 Å². The van der Waals surface area contributed by atoms with E-state index in [2.05, 4.69) is 120 Å². The summed E-state index contributed by atoms with van der Waals surface area (Å²) in [6.45, 7) is 0. The fourth-order valence-electron chi connectivity index (χ4n) is 3.58. The second kappa shape index (κ2) is 11.5. The largest absolute Gasteiger partial charge is 0.157 e. The Bertz CT molecular complexity index is 1160. The monoisotopic (exact) mass is 554 g/mol. The van der Waals surface area contributed by atoms with E-state index in [1.807, 2.05) is 0 Å². The molecular formula is C26H20Cl2P2Zr. The van der Waals surface area contributed by atoms with E-state index < -0.39 is 20.8 Å². The average Bonchev–Trinajstić information content (AvgIpc) is 3.60. The second-order valence-corrected chi connectivity index (χ2v) is 14.5. The van der Waals surface area contributed by atoms with Gasteiger partial charge in [0.15, 0.2) is 0 Å². The Kier molecular flexibility index (Phi) is 8.50. The van der Waals surface area contributed by atoms with E-state index in [-0.39, 0.29) is 15.1 Å². The van der Waals surface area contributed by atoms with Crippen molar-refractivity contribution < 1.29 is 20.8 Å². The molecule has 0 aliphatic carbocycles. The standard InChI is InChI=1S/2C13H10P.2ClH.Zr/c2*1-2-6-12-10-13(9-11(12)5-1)14-7-3-4-8-14;;;/h2*1-10H;2*1H;/q2*-1;;;+4/p-2. The molecule has 0 N–H and O–H groups in total. The molecule has 0 spiro atoms. The SMILES string of the molecule is [Cl][Zr+2][Cl].c1ccc2[cH-]c(-p3cccc3)cc2c1.c1ccc2[cH-]c(-p3cccc3)cc2c1. The van der Waals surface area contributed by atoms with Crippen molar-refractivity contribution in [2.24, 2.45) is 0 Å². The van der Waals surface area contributed by atoms with Gasteiger partial charge in [-0.2, -0.15) is 12.1 Å². The molecule has 0 fully saturated rings. The molecule has 2 heterocycles. The predicted molar refractivity (Wildman–Crippen MR) is 139 cm³/mol. The molecule has 0 atom stereocenters. The van der Waals surface area contributed by atoms with E-state index in [1.54, 1.807) is 0 Å². The van der Waals surface area contributed by atoms with Gasteiger partial charge in [-0.05, 0) is 23.2 Å². The molecule has 31 heavy (non-hydrogen) atoms. The Morgan fingerprint density at radius 2 is 0.903 bits per heavy atom. The van der Waals surface area contributed by atoms with Crippen molar-refractivity contribution in [1.29, 1.82) is 0 Å². The fourth-order valence-corrected chi connectivity index (χ4v) is 6.76. The fraction of sp³-hybridized carbons (Fsp3) is 0. The van der Waals surface area contributed by atoms with E-state index in [0.29, 0.717) is 0 Å². The van der Waals surface area contributed by atoms with E-state index in [0.717, 1.165) is 0 Å². The predicted octanol–water partition coefficient (Wildman–Crippen LogP) is 10.4. The number of benzene rings is 2. The van der Waals surface area contributed by atoms with E-state index in [9.17, 15) is 0 Å². The third-order valence-electron chi connectivity index (χ3n) is 5.01. The zero-order valence-electron chi connectivity index (χ0n) is 16.7. The molecule has 0 unspecified atom stereocenters. The van der Waals surface area contributed by atoms with Crippen molar-refractivity contribution in [2.75, 3.05) is 0 Å². The summed E-state index contributed by atoms with van der Waals surface area (Å²) < 4.78 is 0. The molecule has 6 aromatic rings. The van der Waals surface area contributed by atoms with Gasteiger partial charge in [-0.15, -0.1) is 85.1 Å². The molecule has 0 aliphatic heterocycles. The molecule has 0 bridgehead atoms. The van der Waals surface area contributed by atoms with Crippen LogP contribution in [-0.2, 0) is 20.8 Å². The smallest absolute Gasteiger partial charge is 0.0395 e. The van der Waals surface area contributed by atoms with Gasteiger partial charge in [0, 0.05) is 0 Å². The minimum Gasteiger partial charge on any atom is -0.157 e. The van der Waals surface area contributed by atoms with Crippen LogP contribution < -0.4 is 0 Å².